The molecule has 0 unspecified atom stereocenters. The van der Waals surface area contributed by atoms with Crippen molar-refractivity contribution in [3.8, 4) is 0 Å². The number of aromatic nitrogens is 4. The van der Waals surface area contributed by atoms with Crippen LogP contribution in [0.4, 0.5) is 17.1 Å². The van der Waals surface area contributed by atoms with Gasteiger partial charge in [-0.15, -0.1) is 0 Å². The number of amides is 3. The molecule has 27 heteroatoms. The van der Waals surface area contributed by atoms with Gasteiger partial charge in [0, 0.05) is 156 Å². The van der Waals surface area contributed by atoms with Crippen LogP contribution in [0, 0.1) is 6.92 Å². The second-order valence-electron chi connectivity index (χ2n) is 24.3. The zero-order chi connectivity index (χ0) is 69.6. The second kappa shape index (κ2) is 30.1. The number of carbonyl (C=O) groups is 4. The molecule has 97 heavy (non-hydrogen) atoms. The predicted octanol–water partition coefficient (Wildman–Crippen LogP) is 7.32. The third-order valence-corrected chi connectivity index (χ3v) is 20.6. The molecule has 3 aliphatic heterocycles. The minimum Gasteiger partial charge on any atom is -0.462 e. The molecule has 0 atom stereocenters. The summed E-state index contributed by atoms with van der Waals surface area (Å²) in [5.74, 6) is -0.816. The molecule has 0 bridgehead atoms. The van der Waals surface area contributed by atoms with Crippen LogP contribution < -0.4 is 31.4 Å². The average Bonchev–Trinajstić information content (AvgIpc) is 0.868. The van der Waals surface area contributed by atoms with Crippen LogP contribution in [-0.4, -0.2) is 197 Å². The third kappa shape index (κ3) is 15.3. The van der Waals surface area contributed by atoms with Crippen LogP contribution in [0.25, 0.3) is 32.7 Å². The first kappa shape index (κ1) is 70.6. The molecule has 0 radical (unpaired) electrons. The van der Waals surface area contributed by atoms with Gasteiger partial charge in [-0.2, -0.15) is 11.3 Å². The summed E-state index contributed by atoms with van der Waals surface area (Å²) in [6, 6.07) is 32.6. The number of anilines is 3. The lowest BCUT2D eigenvalue weighted by Crippen LogP contribution is -2.49. The molecule has 3 saturated heterocycles. The van der Waals surface area contributed by atoms with Crippen LogP contribution in [-0.2, 0) is 45.1 Å². The molecule has 12 rings (SSSR count). The van der Waals surface area contributed by atoms with E-state index in [-0.39, 0.29) is 45.2 Å². The van der Waals surface area contributed by atoms with Gasteiger partial charge in [0.15, 0.2) is 29.5 Å². The van der Waals surface area contributed by atoms with E-state index in [1.165, 1.54) is 26.7 Å². The minimum atomic E-state index is -3.76. The summed E-state index contributed by atoms with van der Waals surface area (Å²) in [5, 5.41) is 6.53. The van der Waals surface area contributed by atoms with E-state index in [0.29, 0.717) is 146 Å². The van der Waals surface area contributed by atoms with Gasteiger partial charge in [0.2, 0.25) is 0 Å². The third-order valence-electron chi connectivity index (χ3n) is 17.5. The first-order valence-electron chi connectivity index (χ1n) is 31.7. The van der Waals surface area contributed by atoms with E-state index in [2.05, 4.69) is 9.88 Å². The van der Waals surface area contributed by atoms with Crippen LogP contribution in [0.2, 0.25) is 5.02 Å². The molecular weight excluding hydrogens is 1320 g/mol. The number of rotatable bonds is 14. The zero-order valence-electron chi connectivity index (χ0n) is 55.4. The summed E-state index contributed by atoms with van der Waals surface area (Å²) in [6.45, 7) is 10.6. The molecule has 0 aliphatic carbocycles. The molecule has 3 aliphatic rings. The van der Waals surface area contributed by atoms with Crippen molar-refractivity contribution in [1.29, 1.82) is 0 Å². The Morgan fingerprint density at radius 3 is 1.51 bits per heavy atom. The number of aryl methyl sites for hydroxylation is 4. The van der Waals surface area contributed by atoms with Crippen molar-refractivity contribution in [2.45, 2.75) is 36.6 Å². The van der Waals surface area contributed by atoms with Crippen LogP contribution in [0.15, 0.2) is 157 Å². The van der Waals surface area contributed by atoms with E-state index in [1.807, 2.05) is 107 Å². The molecule has 0 saturated carbocycles. The number of thiophene rings is 1. The van der Waals surface area contributed by atoms with Gasteiger partial charge in [-0.05, 0) is 113 Å². The summed E-state index contributed by atoms with van der Waals surface area (Å²) in [6.07, 6.45) is 6.04. The normalized spacial score (nSPS) is 14.5. The first-order chi connectivity index (χ1) is 46.3. The summed E-state index contributed by atoms with van der Waals surface area (Å²) in [4.78, 5) is 108. The highest BCUT2D eigenvalue weighted by molar-refractivity contribution is 7.91. The van der Waals surface area contributed by atoms with E-state index in [1.54, 1.807) is 95.0 Å². The number of nitrogens with zero attached hydrogens (tertiary/aromatic N) is 11. The van der Waals surface area contributed by atoms with Gasteiger partial charge in [0.1, 0.15) is 5.56 Å². The Morgan fingerprint density at radius 2 is 1.05 bits per heavy atom. The number of hydrogen-bond acceptors (Lipinski definition) is 18. The number of sulfone groups is 2. The van der Waals surface area contributed by atoms with Crippen molar-refractivity contribution in [2.75, 3.05) is 133 Å². The van der Waals surface area contributed by atoms with Gasteiger partial charge < -0.3 is 52.7 Å². The summed E-state index contributed by atoms with van der Waals surface area (Å²) in [7, 11) is -0.361. The molecule has 8 heterocycles. The molecule has 3 amide bonds. The molecule has 0 spiro atoms. The van der Waals surface area contributed by atoms with Gasteiger partial charge in [0.25, 0.3) is 34.4 Å². The van der Waals surface area contributed by atoms with Gasteiger partial charge in [-0.3, -0.25) is 33.8 Å². The Hall–Kier alpha value is -9.21. The van der Waals surface area contributed by atoms with E-state index < -0.39 is 36.8 Å². The number of ether oxygens (including phenoxy) is 1. The first-order valence-corrected chi connectivity index (χ1v) is 36.8. The number of esters is 1. The molecule has 3 fully saturated rings. The maximum atomic E-state index is 13.9. The molecule has 0 N–H and O–H groups in total. The lowest BCUT2D eigenvalue weighted by molar-refractivity contribution is 0.0522. The largest absolute Gasteiger partial charge is 0.462 e. The SMILES string of the molecule is CCOC(=O)c1c(N2CCN(C(=O)c3ccc(Cl)cc3)CC2)c2cc(C)ccc2n(CCCN(C)C)c1=O.Cn1c(=O)c(S(C)(=O)=O)c(N2CCN(C(=O)c3cccnc3)CC2)c2ccccc21.Cn1c(=O)c(S(C)(=O)=O)c(N2CCN(C(=O)c3ccsc3)CC2)c2ccccc21. The fourth-order valence-corrected chi connectivity index (χ4v) is 15.5. The van der Waals surface area contributed by atoms with Crippen molar-refractivity contribution in [1.82, 2.24) is 38.3 Å². The second-order valence-corrected chi connectivity index (χ2v) is 29.5. The maximum Gasteiger partial charge on any atom is 0.345 e. The quantitative estimate of drug-likeness (QED) is 0.0968. The Balaban J connectivity index is 0.000000160. The number of halogens is 1. The number of hydrogen-bond donors (Lipinski definition) is 0. The Kier molecular flexibility index (Phi) is 21.9. The van der Waals surface area contributed by atoms with Crippen LogP contribution in [0.5, 0.6) is 0 Å². The lowest BCUT2D eigenvalue weighted by atomic mass is 10.0. The fourth-order valence-electron chi connectivity index (χ4n) is 12.7. The highest BCUT2D eigenvalue weighted by Gasteiger charge is 2.34. The van der Waals surface area contributed by atoms with Crippen LogP contribution in [0.3, 0.4) is 0 Å². The van der Waals surface area contributed by atoms with Crippen LogP contribution >= 0.6 is 22.9 Å². The Morgan fingerprint density at radius 1 is 0.567 bits per heavy atom. The Bertz CT molecular complexity index is 4870. The number of carbonyl (C=O) groups excluding carboxylic acids is 4. The van der Waals surface area contributed by atoms with Crippen molar-refractivity contribution < 1.29 is 40.8 Å². The van der Waals surface area contributed by atoms with Crippen molar-refractivity contribution in [2.24, 2.45) is 14.1 Å². The topological polar surface area (TPSA) is 247 Å². The van der Waals surface area contributed by atoms with Gasteiger partial charge in [-0.1, -0.05) is 59.6 Å². The van der Waals surface area contributed by atoms with Gasteiger partial charge >= 0.3 is 5.97 Å². The highest BCUT2D eigenvalue weighted by atomic mass is 35.5. The van der Waals surface area contributed by atoms with E-state index in [0.717, 1.165) is 41.9 Å². The molecule has 4 aromatic carbocycles. The van der Waals surface area contributed by atoms with Gasteiger partial charge in [-0.25, -0.2) is 21.6 Å². The number of pyridine rings is 4. The van der Waals surface area contributed by atoms with Gasteiger partial charge in [0.05, 0.1) is 51.3 Å². The minimum absolute atomic E-state index is 0.0249. The lowest BCUT2D eigenvalue weighted by Gasteiger charge is -2.37. The van der Waals surface area contributed by atoms with Crippen molar-refractivity contribution >= 4 is 116 Å². The van der Waals surface area contributed by atoms with E-state index >= 15 is 0 Å². The number of para-hydroxylation sites is 2. The molecule has 510 valence electrons. The molecule has 9 aromatic rings. The average molecular weight is 1400 g/mol. The molecular formula is C70H78ClN11O12S3. The van der Waals surface area contributed by atoms with Crippen LogP contribution in [0.1, 0.15) is 60.3 Å². The molecule has 5 aromatic heterocycles. The maximum absolute atomic E-state index is 13.9. The van der Waals surface area contributed by atoms with E-state index in [4.69, 9.17) is 16.3 Å². The standard InChI is InChI=1S/C29H35ClN4O4.C21H22N4O4S.C20H21N3O4S2/c1-5-38-29(37)25-26(32-15-17-33(18-16-32)27(35)21-8-10-22(30)11-9-21)23-19-20(2)7-12-24(23)34(28(25)36)14-6-13-31(3)4;1-23-17-8-4-3-7-16(17)18(19(21(23)27)30(2,28)29)24-10-12-25(13-11-24)20(26)15-6-5-9-22-14-15;1-21-16-6-4-3-5-15(16)17(18(20(21)25)29(2,26)27)22-8-10-23(11-9-22)19(24)14-7-12-28-13-14/h7-12,19H,5-6,13-18H2,1-4H3;3-9,14H,10-13H2,1-2H3;3-7,12-13H,8-11H2,1-2H3. The van der Waals surface area contributed by atoms with E-state index in [9.17, 15) is 50.4 Å². The Labute approximate surface area is 571 Å². The highest BCUT2D eigenvalue weighted by Crippen LogP contribution is 2.36. The monoisotopic (exact) mass is 1400 g/mol. The summed E-state index contributed by atoms with van der Waals surface area (Å²) < 4.78 is 60.0. The van der Waals surface area contributed by atoms with Crippen molar-refractivity contribution in [3.63, 3.8) is 0 Å². The number of benzene rings is 4. The number of piperazine rings is 3. The smallest absolute Gasteiger partial charge is 0.345 e. The molecule has 23 nitrogen and oxygen atoms in total. The van der Waals surface area contributed by atoms with Crippen molar-refractivity contribution in [3.05, 3.63) is 196 Å². The number of fused-ring (bicyclic) bond motifs is 3. The fraction of sp³-hybridized carbons (Fsp3) is 0.343. The zero-order valence-corrected chi connectivity index (χ0v) is 58.6. The predicted molar refractivity (Wildman–Crippen MR) is 381 cm³/mol. The summed E-state index contributed by atoms with van der Waals surface area (Å²) in [5.41, 5.74) is 5.03. The summed E-state index contributed by atoms with van der Waals surface area (Å²) >= 11 is 7.45.